The fourth-order valence-corrected chi connectivity index (χ4v) is 3.98. The van der Waals surface area contributed by atoms with E-state index in [1.165, 1.54) is 6.08 Å². The summed E-state index contributed by atoms with van der Waals surface area (Å²) in [5.74, 6) is -1.95. The number of hydrogen-bond donors (Lipinski definition) is 2. The average Bonchev–Trinajstić information content (AvgIpc) is 2.72. The maximum Gasteiger partial charge on any atom is 0.193 e. The average molecular weight is 368 g/mol. The lowest BCUT2D eigenvalue weighted by Crippen LogP contribution is -2.50. The van der Waals surface area contributed by atoms with Crippen LogP contribution in [0.3, 0.4) is 0 Å². The molecule has 0 unspecified atom stereocenters. The highest BCUT2D eigenvalue weighted by Crippen LogP contribution is 2.45. The van der Waals surface area contributed by atoms with Crippen molar-refractivity contribution in [1.82, 2.24) is 0 Å². The fraction of sp³-hybridized carbons (Fsp3) is 0.154. The summed E-state index contributed by atoms with van der Waals surface area (Å²) in [6, 6.07) is 30.1. The van der Waals surface area contributed by atoms with Gasteiger partial charge in [-0.3, -0.25) is 0 Å². The van der Waals surface area contributed by atoms with Gasteiger partial charge in [-0.15, -0.1) is 0 Å². The molecular formula is C26H24O2. The van der Waals surface area contributed by atoms with Crippen LogP contribution in [0.5, 0.6) is 0 Å². The smallest absolute Gasteiger partial charge is 0.193 e. The van der Waals surface area contributed by atoms with Crippen molar-refractivity contribution in [3.05, 3.63) is 126 Å². The van der Waals surface area contributed by atoms with Crippen molar-refractivity contribution < 1.29 is 10.2 Å². The first kappa shape index (κ1) is 18.4. The molecular weight excluding hydrogens is 344 g/mol. The summed E-state index contributed by atoms with van der Waals surface area (Å²) >= 11 is 0. The Balaban J connectivity index is 1.83. The first-order valence-corrected chi connectivity index (χ1v) is 9.58. The third-order valence-corrected chi connectivity index (χ3v) is 5.49. The van der Waals surface area contributed by atoms with Gasteiger partial charge in [0.15, 0.2) is 5.79 Å². The lowest BCUT2D eigenvalue weighted by Gasteiger charge is -2.43. The van der Waals surface area contributed by atoms with E-state index in [4.69, 9.17) is 0 Å². The summed E-state index contributed by atoms with van der Waals surface area (Å²) in [7, 11) is 0. The van der Waals surface area contributed by atoms with Crippen molar-refractivity contribution in [2.24, 2.45) is 5.41 Å². The first-order valence-electron chi connectivity index (χ1n) is 9.58. The van der Waals surface area contributed by atoms with E-state index in [0.717, 1.165) is 22.3 Å². The molecule has 2 nitrogen and oxygen atoms in total. The van der Waals surface area contributed by atoms with E-state index in [-0.39, 0.29) is 0 Å². The van der Waals surface area contributed by atoms with E-state index in [1.807, 2.05) is 103 Å². The second-order valence-electron chi connectivity index (χ2n) is 7.51. The zero-order valence-corrected chi connectivity index (χ0v) is 15.7. The van der Waals surface area contributed by atoms with E-state index >= 15 is 0 Å². The van der Waals surface area contributed by atoms with E-state index < -0.39 is 11.2 Å². The second-order valence-corrected chi connectivity index (χ2v) is 7.51. The van der Waals surface area contributed by atoms with Gasteiger partial charge in [-0.1, -0.05) is 103 Å². The third kappa shape index (κ3) is 3.70. The maximum atomic E-state index is 11.1. The number of aliphatic hydroxyl groups is 2. The zero-order chi connectivity index (χ0) is 19.5. The summed E-state index contributed by atoms with van der Waals surface area (Å²) in [4.78, 5) is 0. The van der Waals surface area contributed by atoms with Crippen LogP contribution in [-0.4, -0.2) is 16.0 Å². The topological polar surface area (TPSA) is 40.5 Å². The van der Waals surface area contributed by atoms with Crippen molar-refractivity contribution in [3.63, 3.8) is 0 Å². The monoisotopic (exact) mass is 368 g/mol. The van der Waals surface area contributed by atoms with Crippen LogP contribution in [0.25, 0.3) is 5.57 Å². The van der Waals surface area contributed by atoms with Crippen molar-refractivity contribution >= 4 is 5.57 Å². The number of benzene rings is 3. The largest absolute Gasteiger partial charge is 0.362 e. The number of rotatable bonds is 5. The molecule has 0 aliphatic heterocycles. The number of allylic oxidation sites excluding steroid dienone is 2. The summed E-state index contributed by atoms with van der Waals surface area (Å²) in [5, 5.41) is 22.2. The lowest BCUT2D eigenvalue weighted by atomic mass is 9.66. The van der Waals surface area contributed by atoms with Crippen LogP contribution in [-0.2, 0) is 12.8 Å². The van der Waals surface area contributed by atoms with Crippen molar-refractivity contribution in [3.8, 4) is 0 Å². The molecule has 0 fully saturated rings. The van der Waals surface area contributed by atoms with Gasteiger partial charge in [0, 0.05) is 0 Å². The highest BCUT2D eigenvalue weighted by atomic mass is 16.5. The maximum absolute atomic E-state index is 11.1. The normalized spacial score (nSPS) is 17.1. The quantitative estimate of drug-likeness (QED) is 0.636. The van der Waals surface area contributed by atoms with Gasteiger partial charge in [0.1, 0.15) is 0 Å². The Morgan fingerprint density at radius 3 is 1.57 bits per heavy atom. The fourth-order valence-electron chi connectivity index (χ4n) is 3.98. The van der Waals surface area contributed by atoms with Crippen molar-refractivity contribution in [2.75, 3.05) is 0 Å². The molecule has 28 heavy (non-hydrogen) atoms. The number of hydrogen-bond acceptors (Lipinski definition) is 2. The van der Waals surface area contributed by atoms with E-state index in [9.17, 15) is 10.2 Å². The van der Waals surface area contributed by atoms with Crippen molar-refractivity contribution in [2.45, 2.75) is 18.6 Å². The lowest BCUT2D eigenvalue weighted by molar-refractivity contribution is -0.189. The molecule has 2 heteroatoms. The van der Waals surface area contributed by atoms with Gasteiger partial charge in [-0.25, -0.2) is 0 Å². The molecule has 3 aromatic carbocycles. The van der Waals surface area contributed by atoms with Gasteiger partial charge in [0.25, 0.3) is 0 Å². The highest BCUT2D eigenvalue weighted by molar-refractivity contribution is 5.76. The molecule has 0 aromatic heterocycles. The van der Waals surface area contributed by atoms with Crippen LogP contribution in [0, 0.1) is 5.41 Å². The van der Waals surface area contributed by atoms with Crippen LogP contribution in [0.4, 0.5) is 0 Å². The summed E-state index contributed by atoms with van der Waals surface area (Å²) in [5.41, 5.74) is 3.34. The van der Waals surface area contributed by atoms with Gasteiger partial charge in [0.05, 0.1) is 5.41 Å². The van der Waals surface area contributed by atoms with Crippen molar-refractivity contribution in [1.29, 1.82) is 0 Å². The molecule has 0 amide bonds. The van der Waals surface area contributed by atoms with Gasteiger partial charge in [-0.2, -0.15) is 0 Å². The molecule has 0 saturated heterocycles. The highest BCUT2D eigenvalue weighted by Gasteiger charge is 2.48. The predicted octanol–water partition coefficient (Wildman–Crippen LogP) is 4.79. The molecule has 4 rings (SSSR count). The van der Waals surface area contributed by atoms with Gasteiger partial charge >= 0.3 is 0 Å². The first-order chi connectivity index (χ1) is 13.6. The minimum atomic E-state index is -1.95. The molecule has 0 heterocycles. The predicted molar refractivity (Wildman–Crippen MR) is 113 cm³/mol. The molecule has 0 radical (unpaired) electrons. The Labute approximate surface area is 166 Å². The molecule has 1 aliphatic carbocycles. The second kappa shape index (κ2) is 7.59. The minimum absolute atomic E-state index is 0.524. The molecule has 0 bridgehead atoms. The SMILES string of the molecule is OC1(O)C=CC(c2ccccc2)=CC1(Cc1ccccc1)Cc1ccccc1. The molecule has 0 atom stereocenters. The standard InChI is InChI=1S/C26H24O2/c27-26(28)17-16-24(23-14-8-3-9-15-23)20-25(26,18-21-10-4-1-5-11-21)19-22-12-6-2-7-13-22/h1-17,20,27-28H,18-19H2. The zero-order valence-electron chi connectivity index (χ0n) is 15.7. The van der Waals surface area contributed by atoms with Gasteiger partial charge in [0.2, 0.25) is 0 Å². The molecule has 140 valence electrons. The summed E-state index contributed by atoms with van der Waals surface area (Å²) < 4.78 is 0. The summed E-state index contributed by atoms with van der Waals surface area (Å²) in [6.07, 6.45) is 6.43. The third-order valence-electron chi connectivity index (χ3n) is 5.49. The van der Waals surface area contributed by atoms with E-state index in [1.54, 1.807) is 0 Å². The Kier molecular flexibility index (Phi) is 4.99. The van der Waals surface area contributed by atoms with E-state index in [2.05, 4.69) is 0 Å². The Bertz CT molecular complexity index is 929. The van der Waals surface area contributed by atoms with Gasteiger partial charge in [-0.05, 0) is 41.2 Å². The molecule has 0 saturated carbocycles. The Morgan fingerprint density at radius 1 is 0.607 bits per heavy atom. The van der Waals surface area contributed by atoms with Crippen LogP contribution in [0.15, 0.2) is 109 Å². The van der Waals surface area contributed by atoms with Crippen LogP contribution in [0.1, 0.15) is 16.7 Å². The van der Waals surface area contributed by atoms with Crippen LogP contribution >= 0.6 is 0 Å². The minimum Gasteiger partial charge on any atom is -0.362 e. The van der Waals surface area contributed by atoms with Crippen LogP contribution < -0.4 is 0 Å². The molecule has 2 N–H and O–H groups in total. The summed E-state index contributed by atoms with van der Waals surface area (Å²) in [6.45, 7) is 0. The molecule has 0 spiro atoms. The Morgan fingerprint density at radius 2 is 1.07 bits per heavy atom. The van der Waals surface area contributed by atoms with Crippen LogP contribution in [0.2, 0.25) is 0 Å². The van der Waals surface area contributed by atoms with E-state index in [0.29, 0.717) is 12.8 Å². The molecule has 1 aliphatic rings. The van der Waals surface area contributed by atoms with Gasteiger partial charge < -0.3 is 10.2 Å². The Hall–Kier alpha value is -2.94. The molecule has 3 aromatic rings.